The van der Waals surface area contributed by atoms with Crippen molar-refractivity contribution >= 4 is 41.1 Å². The molecule has 0 aliphatic carbocycles. The Morgan fingerprint density at radius 3 is 2.35 bits per heavy atom. The second-order valence-corrected chi connectivity index (χ2v) is 10.9. The predicted octanol–water partition coefficient (Wildman–Crippen LogP) is 4.49. The highest BCUT2D eigenvalue weighted by molar-refractivity contribution is 7.98. The summed E-state index contributed by atoms with van der Waals surface area (Å²) in [7, 11) is 1.32. The Balaban J connectivity index is 1.60. The van der Waals surface area contributed by atoms with Crippen LogP contribution in [0, 0.1) is 0 Å². The first kappa shape index (κ1) is 27.4. The van der Waals surface area contributed by atoms with E-state index in [1.807, 2.05) is 66.9 Å². The summed E-state index contributed by atoms with van der Waals surface area (Å²) in [5.74, 6) is -1.04. The first-order valence-corrected chi connectivity index (χ1v) is 14.5. The zero-order valence-electron chi connectivity index (χ0n) is 22.1. The van der Waals surface area contributed by atoms with E-state index < -0.39 is 18.0 Å². The topological polar surface area (TPSA) is 87.0 Å². The van der Waals surface area contributed by atoms with Crippen LogP contribution in [0.1, 0.15) is 40.0 Å². The lowest BCUT2D eigenvalue weighted by atomic mass is 9.95. The van der Waals surface area contributed by atoms with Crippen LogP contribution in [0.5, 0.6) is 0 Å². The number of carbonyl (C=O) groups is 2. The fourth-order valence-corrected chi connectivity index (χ4v) is 5.92. The minimum Gasteiger partial charge on any atom is -0.465 e. The molecule has 9 heteroatoms. The van der Waals surface area contributed by atoms with E-state index in [2.05, 4.69) is 4.99 Å². The summed E-state index contributed by atoms with van der Waals surface area (Å²) in [6.45, 7) is 1.83. The highest BCUT2D eigenvalue weighted by Gasteiger charge is 2.33. The molecule has 0 saturated carbocycles. The van der Waals surface area contributed by atoms with Crippen LogP contribution in [-0.2, 0) is 20.9 Å². The lowest BCUT2D eigenvalue weighted by molar-refractivity contribution is -0.140. The van der Waals surface area contributed by atoms with Crippen LogP contribution in [0.15, 0.2) is 105 Å². The third-order valence-corrected chi connectivity index (χ3v) is 8.24. The molecular weight excluding hydrogens is 544 g/mol. The Bertz CT molecular complexity index is 1770. The SMILES string of the molecule is COC(=O)c1ccc(C2C(C(=O)OCc3ccccc3)=C(C)N=c3sc(=Cc4ccc(SC)cc4)c(=O)n32)cc1. The zero-order chi connectivity index (χ0) is 28.2. The number of rotatable bonds is 7. The summed E-state index contributed by atoms with van der Waals surface area (Å²) in [6, 6.07) is 23.2. The molecule has 1 aliphatic rings. The number of aromatic nitrogens is 1. The zero-order valence-corrected chi connectivity index (χ0v) is 23.8. The molecule has 0 N–H and O–H groups in total. The summed E-state index contributed by atoms with van der Waals surface area (Å²) >= 11 is 2.91. The van der Waals surface area contributed by atoms with Gasteiger partial charge in [-0.3, -0.25) is 9.36 Å². The van der Waals surface area contributed by atoms with Crippen molar-refractivity contribution in [2.24, 2.45) is 4.99 Å². The maximum atomic E-state index is 13.8. The van der Waals surface area contributed by atoms with Gasteiger partial charge in [0.05, 0.1) is 34.5 Å². The van der Waals surface area contributed by atoms with Gasteiger partial charge in [0.2, 0.25) is 0 Å². The van der Waals surface area contributed by atoms with Gasteiger partial charge < -0.3 is 9.47 Å². The number of esters is 2. The number of fused-ring (bicyclic) bond motifs is 1. The molecule has 0 bridgehead atoms. The van der Waals surface area contributed by atoms with Crippen molar-refractivity contribution in [2.75, 3.05) is 13.4 Å². The van der Waals surface area contributed by atoms with Gasteiger partial charge in [-0.1, -0.05) is 65.9 Å². The molecule has 0 radical (unpaired) electrons. The van der Waals surface area contributed by atoms with Gasteiger partial charge in [-0.25, -0.2) is 14.6 Å². The van der Waals surface area contributed by atoms with Crippen LogP contribution >= 0.6 is 23.1 Å². The molecule has 1 atom stereocenters. The molecule has 1 aromatic heterocycles. The van der Waals surface area contributed by atoms with Crippen LogP contribution in [-0.4, -0.2) is 29.9 Å². The summed E-state index contributed by atoms with van der Waals surface area (Å²) in [5.41, 5.74) is 3.22. The number of methoxy groups -OCH3 is 1. The number of benzene rings is 3. The molecule has 5 rings (SSSR count). The summed E-state index contributed by atoms with van der Waals surface area (Å²) in [4.78, 5) is 45.7. The lowest BCUT2D eigenvalue weighted by Gasteiger charge is -2.25. The third-order valence-electron chi connectivity index (χ3n) is 6.52. The average Bonchev–Trinajstić information content (AvgIpc) is 3.29. The van der Waals surface area contributed by atoms with Crippen molar-refractivity contribution in [3.8, 4) is 0 Å². The largest absolute Gasteiger partial charge is 0.465 e. The first-order valence-electron chi connectivity index (χ1n) is 12.5. The maximum absolute atomic E-state index is 13.8. The van der Waals surface area contributed by atoms with E-state index >= 15 is 0 Å². The molecular formula is C31H26N2O5S2. The first-order chi connectivity index (χ1) is 19.4. The van der Waals surface area contributed by atoms with E-state index in [9.17, 15) is 14.4 Å². The summed E-state index contributed by atoms with van der Waals surface area (Å²) < 4.78 is 12.6. The molecule has 1 unspecified atom stereocenters. The number of carbonyl (C=O) groups excluding carboxylic acids is 2. The molecule has 0 fully saturated rings. The Labute approximate surface area is 239 Å². The Morgan fingerprint density at radius 1 is 1.00 bits per heavy atom. The fraction of sp³-hybridized carbons (Fsp3) is 0.161. The van der Waals surface area contributed by atoms with E-state index in [1.54, 1.807) is 43.0 Å². The molecule has 0 spiro atoms. The van der Waals surface area contributed by atoms with E-state index in [1.165, 1.54) is 23.0 Å². The van der Waals surface area contributed by atoms with Gasteiger partial charge in [-0.05, 0) is 60.2 Å². The smallest absolute Gasteiger partial charge is 0.338 e. The molecule has 7 nitrogen and oxygen atoms in total. The molecule has 4 aromatic rings. The number of hydrogen-bond donors (Lipinski definition) is 0. The minimum absolute atomic E-state index is 0.0842. The van der Waals surface area contributed by atoms with Crippen LogP contribution in [0.3, 0.4) is 0 Å². The van der Waals surface area contributed by atoms with E-state index in [4.69, 9.17) is 9.47 Å². The summed E-state index contributed by atoms with van der Waals surface area (Å²) in [5, 5.41) is 0. The van der Waals surface area contributed by atoms with Gasteiger partial charge in [0.15, 0.2) is 4.80 Å². The van der Waals surface area contributed by atoms with Gasteiger partial charge >= 0.3 is 11.9 Å². The van der Waals surface area contributed by atoms with Crippen molar-refractivity contribution < 1.29 is 19.1 Å². The van der Waals surface area contributed by atoms with Gasteiger partial charge in [0.25, 0.3) is 5.56 Å². The van der Waals surface area contributed by atoms with Crippen LogP contribution in [0.4, 0.5) is 0 Å². The van der Waals surface area contributed by atoms with Crippen molar-refractivity contribution in [3.05, 3.63) is 132 Å². The molecule has 2 heterocycles. The Morgan fingerprint density at radius 2 is 1.70 bits per heavy atom. The average molecular weight is 571 g/mol. The molecule has 40 heavy (non-hydrogen) atoms. The Kier molecular flexibility index (Phi) is 8.14. The number of thioether (sulfide) groups is 1. The van der Waals surface area contributed by atoms with Gasteiger partial charge in [-0.15, -0.1) is 11.8 Å². The third kappa shape index (κ3) is 5.57. The number of hydrogen-bond acceptors (Lipinski definition) is 8. The number of ether oxygens (including phenoxy) is 2. The number of thiazole rings is 1. The second kappa shape index (κ2) is 11.9. The normalized spacial score (nSPS) is 14.9. The van der Waals surface area contributed by atoms with Crippen molar-refractivity contribution in [2.45, 2.75) is 24.5 Å². The molecule has 0 amide bonds. The molecule has 0 saturated heterocycles. The lowest BCUT2D eigenvalue weighted by Crippen LogP contribution is -2.39. The monoisotopic (exact) mass is 570 g/mol. The Hall–Kier alpha value is -4.21. The quantitative estimate of drug-likeness (QED) is 0.241. The van der Waals surface area contributed by atoms with Crippen LogP contribution < -0.4 is 14.9 Å². The molecule has 202 valence electrons. The van der Waals surface area contributed by atoms with E-state index in [0.717, 1.165) is 16.0 Å². The maximum Gasteiger partial charge on any atom is 0.338 e. The van der Waals surface area contributed by atoms with Gasteiger partial charge in [-0.2, -0.15) is 0 Å². The summed E-state index contributed by atoms with van der Waals surface area (Å²) in [6.07, 6.45) is 3.84. The van der Waals surface area contributed by atoms with E-state index in [-0.39, 0.29) is 17.7 Å². The number of nitrogens with zero attached hydrogens (tertiary/aromatic N) is 2. The predicted molar refractivity (Wildman–Crippen MR) is 156 cm³/mol. The highest BCUT2D eigenvalue weighted by atomic mass is 32.2. The van der Waals surface area contributed by atoms with E-state index in [0.29, 0.717) is 26.2 Å². The van der Waals surface area contributed by atoms with Crippen LogP contribution in [0.2, 0.25) is 0 Å². The van der Waals surface area contributed by atoms with Gasteiger partial charge in [0.1, 0.15) is 6.61 Å². The fourth-order valence-electron chi connectivity index (χ4n) is 4.47. The standard InChI is InChI=1S/C31H26N2O5S2/c1-19-26(30(36)38-18-21-7-5-4-6-8-21)27(22-11-13-23(14-12-22)29(35)37-2)33-28(34)25(40-31(33)32-19)17-20-9-15-24(39-3)16-10-20/h4-17,27H,18H2,1-3H3. The number of allylic oxidation sites excluding steroid dienone is 1. The molecule has 1 aliphatic heterocycles. The van der Waals surface area contributed by atoms with Gasteiger partial charge in [0, 0.05) is 4.90 Å². The molecule has 3 aromatic carbocycles. The minimum atomic E-state index is -0.785. The highest BCUT2D eigenvalue weighted by Crippen LogP contribution is 2.31. The second-order valence-electron chi connectivity index (χ2n) is 9.03. The van der Waals surface area contributed by atoms with Crippen molar-refractivity contribution in [1.82, 2.24) is 4.57 Å². The van der Waals surface area contributed by atoms with Crippen molar-refractivity contribution in [3.63, 3.8) is 0 Å². The van der Waals surface area contributed by atoms with Crippen LogP contribution in [0.25, 0.3) is 6.08 Å². The van der Waals surface area contributed by atoms with Crippen molar-refractivity contribution in [1.29, 1.82) is 0 Å².